The number of methoxy groups -OCH3 is 1. The number of carbonyl (C=O) groups is 1. The van der Waals surface area contributed by atoms with E-state index in [1.807, 2.05) is 32.0 Å². The maximum absolute atomic E-state index is 12.5. The third-order valence-corrected chi connectivity index (χ3v) is 4.48. The SMILES string of the molecule is COc1ccc(C(=O)NCC(C)(C)c2ccc3c(c2)OCO3)cc1[N+](=O)[O-]. The Bertz CT molecular complexity index is 894. The van der Waals surface area contributed by atoms with E-state index in [4.69, 9.17) is 14.2 Å². The summed E-state index contributed by atoms with van der Waals surface area (Å²) in [5, 5.41) is 14.0. The Morgan fingerprint density at radius 3 is 2.67 bits per heavy atom. The van der Waals surface area contributed by atoms with Crippen molar-refractivity contribution < 1.29 is 23.9 Å². The van der Waals surface area contributed by atoms with Crippen molar-refractivity contribution in [3.05, 3.63) is 57.6 Å². The molecule has 1 amide bonds. The number of nitro benzene ring substituents is 1. The van der Waals surface area contributed by atoms with E-state index in [-0.39, 0.29) is 29.2 Å². The van der Waals surface area contributed by atoms with E-state index in [1.165, 1.54) is 25.3 Å². The molecule has 0 radical (unpaired) electrons. The number of fused-ring (bicyclic) bond motifs is 1. The van der Waals surface area contributed by atoms with Crippen molar-refractivity contribution >= 4 is 11.6 Å². The van der Waals surface area contributed by atoms with Gasteiger partial charge in [0.2, 0.25) is 6.79 Å². The zero-order valence-electron chi connectivity index (χ0n) is 15.3. The molecule has 8 heteroatoms. The van der Waals surface area contributed by atoms with Gasteiger partial charge >= 0.3 is 5.69 Å². The van der Waals surface area contributed by atoms with Crippen molar-refractivity contribution in [3.63, 3.8) is 0 Å². The van der Waals surface area contributed by atoms with Crippen LogP contribution in [0.4, 0.5) is 5.69 Å². The Morgan fingerprint density at radius 1 is 1.22 bits per heavy atom. The zero-order chi connectivity index (χ0) is 19.6. The van der Waals surface area contributed by atoms with Crippen LogP contribution in [0.15, 0.2) is 36.4 Å². The van der Waals surface area contributed by atoms with Crippen LogP contribution in [0.1, 0.15) is 29.8 Å². The Morgan fingerprint density at radius 2 is 1.96 bits per heavy atom. The van der Waals surface area contributed by atoms with E-state index >= 15 is 0 Å². The van der Waals surface area contributed by atoms with Gasteiger partial charge in [-0.05, 0) is 29.8 Å². The largest absolute Gasteiger partial charge is 0.490 e. The average Bonchev–Trinajstić information content (AvgIpc) is 3.13. The minimum absolute atomic E-state index is 0.109. The van der Waals surface area contributed by atoms with Crippen molar-refractivity contribution in [1.29, 1.82) is 0 Å². The number of rotatable bonds is 6. The summed E-state index contributed by atoms with van der Waals surface area (Å²) < 4.78 is 15.7. The van der Waals surface area contributed by atoms with E-state index in [0.717, 1.165) is 5.56 Å². The summed E-state index contributed by atoms with van der Waals surface area (Å²) in [6, 6.07) is 9.78. The van der Waals surface area contributed by atoms with Gasteiger partial charge in [0.15, 0.2) is 17.2 Å². The molecule has 0 unspecified atom stereocenters. The molecule has 0 saturated carbocycles. The fourth-order valence-corrected chi connectivity index (χ4v) is 2.80. The highest BCUT2D eigenvalue weighted by molar-refractivity contribution is 5.95. The van der Waals surface area contributed by atoms with Crippen LogP contribution in [-0.4, -0.2) is 31.3 Å². The molecule has 0 bridgehead atoms. The van der Waals surface area contributed by atoms with E-state index < -0.39 is 10.8 Å². The molecule has 2 aromatic rings. The van der Waals surface area contributed by atoms with Gasteiger partial charge in [0.25, 0.3) is 5.91 Å². The predicted octanol–water partition coefficient (Wildman–Crippen LogP) is 3.04. The van der Waals surface area contributed by atoms with Crippen LogP contribution >= 0.6 is 0 Å². The smallest absolute Gasteiger partial charge is 0.311 e. The van der Waals surface area contributed by atoms with Crippen LogP contribution in [0.3, 0.4) is 0 Å². The molecule has 27 heavy (non-hydrogen) atoms. The maximum Gasteiger partial charge on any atom is 0.311 e. The van der Waals surface area contributed by atoms with Gasteiger partial charge in [-0.2, -0.15) is 0 Å². The second-order valence-electron chi connectivity index (χ2n) is 6.78. The normalized spacial score (nSPS) is 12.6. The number of carbonyl (C=O) groups excluding carboxylic acids is 1. The predicted molar refractivity (Wildman–Crippen MR) is 97.6 cm³/mol. The third-order valence-electron chi connectivity index (χ3n) is 4.48. The standard InChI is InChI=1S/C19H20N2O6/c1-19(2,13-5-7-16-17(9-13)27-11-26-16)10-20-18(22)12-4-6-15(25-3)14(8-12)21(23)24/h4-9H,10-11H2,1-3H3,(H,20,22). The number of ether oxygens (including phenoxy) is 3. The van der Waals surface area contributed by atoms with E-state index in [9.17, 15) is 14.9 Å². The minimum Gasteiger partial charge on any atom is -0.490 e. The lowest BCUT2D eigenvalue weighted by atomic mass is 9.84. The number of nitrogens with zero attached hydrogens (tertiary/aromatic N) is 1. The quantitative estimate of drug-likeness (QED) is 0.618. The van der Waals surface area contributed by atoms with Gasteiger partial charge in [0.1, 0.15) is 0 Å². The average molecular weight is 372 g/mol. The molecule has 1 N–H and O–H groups in total. The van der Waals surface area contributed by atoms with Crippen molar-refractivity contribution in [2.24, 2.45) is 0 Å². The van der Waals surface area contributed by atoms with Gasteiger partial charge in [-0.1, -0.05) is 19.9 Å². The van der Waals surface area contributed by atoms with Crippen molar-refractivity contribution in [2.45, 2.75) is 19.3 Å². The molecule has 0 fully saturated rings. The van der Waals surface area contributed by atoms with Gasteiger partial charge in [0.05, 0.1) is 12.0 Å². The molecule has 142 valence electrons. The van der Waals surface area contributed by atoms with Crippen molar-refractivity contribution in [1.82, 2.24) is 5.32 Å². The molecule has 1 aliphatic heterocycles. The molecule has 3 rings (SSSR count). The lowest BCUT2D eigenvalue weighted by Crippen LogP contribution is -2.36. The second kappa shape index (κ2) is 7.14. The fourth-order valence-electron chi connectivity index (χ4n) is 2.80. The van der Waals surface area contributed by atoms with E-state index in [0.29, 0.717) is 18.0 Å². The molecule has 1 aliphatic rings. The molecular formula is C19H20N2O6. The van der Waals surface area contributed by atoms with Crippen molar-refractivity contribution in [2.75, 3.05) is 20.4 Å². The second-order valence-corrected chi connectivity index (χ2v) is 6.78. The van der Waals surface area contributed by atoms with Crippen molar-refractivity contribution in [3.8, 4) is 17.2 Å². The van der Waals surface area contributed by atoms with Crippen LogP contribution in [0, 0.1) is 10.1 Å². The van der Waals surface area contributed by atoms with Gasteiger partial charge < -0.3 is 19.5 Å². The summed E-state index contributed by atoms with van der Waals surface area (Å²) in [6.07, 6.45) is 0. The summed E-state index contributed by atoms with van der Waals surface area (Å²) >= 11 is 0. The number of nitrogens with one attached hydrogen (secondary N) is 1. The Hall–Kier alpha value is -3.29. The van der Waals surface area contributed by atoms with Gasteiger partial charge in [-0.3, -0.25) is 14.9 Å². The fraction of sp³-hybridized carbons (Fsp3) is 0.316. The Labute approximate surface area is 156 Å². The molecule has 0 aromatic heterocycles. The lowest BCUT2D eigenvalue weighted by molar-refractivity contribution is -0.385. The van der Waals surface area contributed by atoms with Crippen LogP contribution in [0.5, 0.6) is 17.2 Å². The summed E-state index contributed by atoms with van der Waals surface area (Å²) in [6.45, 7) is 4.51. The number of nitro groups is 1. The number of benzene rings is 2. The third kappa shape index (κ3) is 3.79. The number of hydrogen-bond donors (Lipinski definition) is 1. The molecular weight excluding hydrogens is 352 g/mol. The Balaban J connectivity index is 1.73. The molecule has 0 saturated heterocycles. The monoisotopic (exact) mass is 372 g/mol. The molecule has 0 aliphatic carbocycles. The number of amides is 1. The van der Waals surface area contributed by atoms with E-state index in [2.05, 4.69) is 5.32 Å². The lowest BCUT2D eigenvalue weighted by Gasteiger charge is -2.26. The molecule has 2 aromatic carbocycles. The summed E-state index contributed by atoms with van der Waals surface area (Å²) in [5.74, 6) is 1.09. The van der Waals surface area contributed by atoms with Gasteiger partial charge in [-0.15, -0.1) is 0 Å². The first-order valence-corrected chi connectivity index (χ1v) is 8.32. The van der Waals surface area contributed by atoms with E-state index in [1.54, 1.807) is 0 Å². The molecule has 0 spiro atoms. The Kier molecular flexibility index (Phi) is 4.89. The summed E-state index contributed by atoms with van der Waals surface area (Å²) in [5.41, 5.74) is 0.548. The van der Waals surface area contributed by atoms with Crippen LogP contribution in [-0.2, 0) is 5.41 Å². The summed E-state index contributed by atoms with van der Waals surface area (Å²) in [4.78, 5) is 23.0. The molecule has 1 heterocycles. The van der Waals surface area contributed by atoms with Crippen LogP contribution in [0.25, 0.3) is 0 Å². The minimum atomic E-state index is -0.577. The molecule has 0 atom stereocenters. The highest BCUT2D eigenvalue weighted by Crippen LogP contribution is 2.36. The first kappa shape index (κ1) is 18.5. The first-order valence-electron chi connectivity index (χ1n) is 8.32. The van der Waals surface area contributed by atoms with Gasteiger partial charge in [-0.25, -0.2) is 0 Å². The zero-order valence-corrected chi connectivity index (χ0v) is 15.3. The van der Waals surface area contributed by atoms with Gasteiger partial charge in [0, 0.05) is 23.6 Å². The number of hydrogen-bond acceptors (Lipinski definition) is 6. The summed E-state index contributed by atoms with van der Waals surface area (Å²) in [7, 11) is 1.34. The highest BCUT2D eigenvalue weighted by atomic mass is 16.7. The maximum atomic E-state index is 12.5. The highest BCUT2D eigenvalue weighted by Gasteiger charge is 2.25. The van der Waals surface area contributed by atoms with Crippen LogP contribution in [0.2, 0.25) is 0 Å². The van der Waals surface area contributed by atoms with Crippen LogP contribution < -0.4 is 19.5 Å². The first-order chi connectivity index (χ1) is 12.8. The molecule has 8 nitrogen and oxygen atoms in total. The topological polar surface area (TPSA) is 99.9 Å².